The highest BCUT2D eigenvalue weighted by molar-refractivity contribution is 9.10. The SMILES string of the molecule is CC(C)NC(=O)N(Cc1ccc(C(F)(F)F)cc1)c1cccc(-c2sc(C(=O)O)c(OCC(=O)O)c2Br)c1. The Hall–Kier alpha value is -3.58. The highest BCUT2D eigenvalue weighted by atomic mass is 79.9. The van der Waals surface area contributed by atoms with Crippen LogP contribution in [0.1, 0.15) is 34.6 Å². The predicted octanol–water partition coefficient (Wildman–Crippen LogP) is 6.48. The van der Waals surface area contributed by atoms with Crippen molar-refractivity contribution >= 4 is 50.9 Å². The summed E-state index contributed by atoms with van der Waals surface area (Å²) < 4.78 is 44.3. The first-order chi connectivity index (χ1) is 17.8. The van der Waals surface area contributed by atoms with Crippen LogP contribution in [0.2, 0.25) is 0 Å². The number of nitrogens with one attached hydrogen (secondary N) is 1. The molecule has 202 valence electrons. The minimum atomic E-state index is -4.49. The van der Waals surface area contributed by atoms with Crippen molar-refractivity contribution in [1.82, 2.24) is 5.32 Å². The van der Waals surface area contributed by atoms with Gasteiger partial charge in [-0.25, -0.2) is 14.4 Å². The molecule has 8 nitrogen and oxygen atoms in total. The first kappa shape index (κ1) is 29.0. The fraction of sp³-hybridized carbons (Fsp3) is 0.240. The summed E-state index contributed by atoms with van der Waals surface area (Å²) in [6, 6.07) is 10.3. The van der Waals surface area contributed by atoms with E-state index in [4.69, 9.17) is 9.84 Å². The first-order valence-electron chi connectivity index (χ1n) is 11.0. The lowest BCUT2D eigenvalue weighted by Crippen LogP contribution is -2.42. The summed E-state index contributed by atoms with van der Waals surface area (Å²) in [5.74, 6) is -2.72. The molecule has 13 heteroatoms. The van der Waals surface area contributed by atoms with Crippen molar-refractivity contribution in [2.45, 2.75) is 32.6 Å². The fourth-order valence-electron chi connectivity index (χ4n) is 3.39. The van der Waals surface area contributed by atoms with E-state index >= 15 is 0 Å². The quantitative estimate of drug-likeness (QED) is 0.254. The molecule has 0 radical (unpaired) electrons. The summed E-state index contributed by atoms with van der Waals surface area (Å²) in [5, 5.41) is 21.3. The molecular weight excluding hydrogens is 593 g/mol. The zero-order valence-corrected chi connectivity index (χ0v) is 22.4. The molecule has 3 rings (SSSR count). The molecule has 2 amide bonds. The molecule has 0 aliphatic carbocycles. The Morgan fingerprint density at radius 3 is 2.32 bits per heavy atom. The molecule has 0 fully saturated rings. The van der Waals surface area contributed by atoms with Crippen LogP contribution in [0.25, 0.3) is 10.4 Å². The zero-order chi connectivity index (χ0) is 28.2. The molecule has 3 N–H and O–H groups in total. The van der Waals surface area contributed by atoms with Gasteiger partial charge < -0.3 is 20.3 Å². The van der Waals surface area contributed by atoms with Crippen LogP contribution in [-0.4, -0.2) is 40.8 Å². The highest BCUT2D eigenvalue weighted by Crippen LogP contribution is 2.46. The molecule has 1 heterocycles. The number of carbonyl (C=O) groups excluding carboxylic acids is 1. The molecule has 0 bridgehead atoms. The lowest BCUT2D eigenvalue weighted by atomic mass is 10.1. The Bertz CT molecular complexity index is 1340. The van der Waals surface area contributed by atoms with Gasteiger partial charge in [-0.05, 0) is 65.2 Å². The van der Waals surface area contributed by atoms with Crippen LogP contribution < -0.4 is 15.0 Å². The summed E-state index contributed by atoms with van der Waals surface area (Å²) in [6.07, 6.45) is -4.49. The topological polar surface area (TPSA) is 116 Å². The molecule has 3 aromatic rings. The van der Waals surface area contributed by atoms with Gasteiger partial charge in [0, 0.05) is 11.7 Å². The average molecular weight is 615 g/mol. The summed E-state index contributed by atoms with van der Waals surface area (Å²) >= 11 is 4.16. The molecule has 0 aliphatic heterocycles. The fourth-order valence-corrected chi connectivity index (χ4v) is 5.28. The Kier molecular flexibility index (Phi) is 9.05. The molecular formula is C25H22BrF3N2O6S. The number of aromatic carboxylic acids is 1. The van der Waals surface area contributed by atoms with Gasteiger partial charge in [-0.3, -0.25) is 4.90 Å². The predicted molar refractivity (Wildman–Crippen MR) is 139 cm³/mol. The number of benzene rings is 2. The van der Waals surface area contributed by atoms with Gasteiger partial charge in [0.15, 0.2) is 17.2 Å². The molecule has 0 unspecified atom stereocenters. The van der Waals surface area contributed by atoms with E-state index in [-0.39, 0.29) is 27.7 Å². The number of hydrogen-bond donors (Lipinski definition) is 3. The van der Waals surface area contributed by atoms with Crippen LogP contribution in [0, 0.1) is 0 Å². The number of alkyl halides is 3. The van der Waals surface area contributed by atoms with Gasteiger partial charge in [0.05, 0.1) is 21.5 Å². The lowest BCUT2D eigenvalue weighted by Gasteiger charge is -2.25. The molecule has 0 spiro atoms. The third kappa shape index (κ3) is 7.04. The number of aliphatic carboxylic acids is 1. The van der Waals surface area contributed by atoms with Crippen molar-refractivity contribution < 1.29 is 42.5 Å². The van der Waals surface area contributed by atoms with E-state index in [1.165, 1.54) is 17.0 Å². The molecule has 0 aliphatic rings. The number of rotatable bonds is 9. The standard InChI is InChI=1S/C25H22BrF3N2O6S/c1-13(2)30-24(36)31(11-14-6-8-16(9-7-14)25(27,28)29)17-5-3-4-15(10-17)21-19(26)20(37-12-18(32)33)22(38-21)23(34)35/h3-10,13H,11-12H2,1-2H3,(H,30,36)(H,32,33)(H,34,35). The second kappa shape index (κ2) is 11.9. The molecule has 0 atom stereocenters. The summed E-state index contributed by atoms with van der Waals surface area (Å²) in [5.41, 5.74) is 0.545. The molecule has 38 heavy (non-hydrogen) atoms. The maximum Gasteiger partial charge on any atom is 0.416 e. The number of halogens is 4. The second-order valence-electron chi connectivity index (χ2n) is 8.33. The summed E-state index contributed by atoms with van der Waals surface area (Å²) in [7, 11) is 0. The van der Waals surface area contributed by atoms with Crippen LogP contribution in [0.5, 0.6) is 5.75 Å². The van der Waals surface area contributed by atoms with Crippen molar-refractivity contribution in [2.75, 3.05) is 11.5 Å². The normalized spacial score (nSPS) is 11.3. The number of amides is 2. The largest absolute Gasteiger partial charge is 0.479 e. The summed E-state index contributed by atoms with van der Waals surface area (Å²) in [6.45, 7) is 2.74. The van der Waals surface area contributed by atoms with E-state index in [2.05, 4.69) is 21.2 Å². The number of ether oxygens (including phenoxy) is 1. The van der Waals surface area contributed by atoms with Crippen molar-refractivity contribution in [3.8, 4) is 16.2 Å². The number of anilines is 1. The Morgan fingerprint density at radius 2 is 1.76 bits per heavy atom. The first-order valence-corrected chi connectivity index (χ1v) is 12.6. The minimum Gasteiger partial charge on any atom is -0.479 e. The van der Waals surface area contributed by atoms with Gasteiger partial charge in [0.2, 0.25) is 0 Å². The number of hydrogen-bond acceptors (Lipinski definition) is 5. The number of urea groups is 1. The van der Waals surface area contributed by atoms with Crippen molar-refractivity contribution in [3.63, 3.8) is 0 Å². The van der Waals surface area contributed by atoms with E-state index in [1.807, 2.05) is 0 Å². The van der Waals surface area contributed by atoms with Crippen LogP contribution in [0.4, 0.5) is 23.7 Å². The zero-order valence-electron chi connectivity index (χ0n) is 20.0. The monoisotopic (exact) mass is 614 g/mol. The van der Waals surface area contributed by atoms with Gasteiger partial charge >= 0.3 is 24.1 Å². The number of carboxylic acids is 2. The molecule has 0 saturated heterocycles. The highest BCUT2D eigenvalue weighted by Gasteiger charge is 2.30. The van der Waals surface area contributed by atoms with Gasteiger partial charge in [0.1, 0.15) is 0 Å². The molecule has 2 aromatic carbocycles. The lowest BCUT2D eigenvalue weighted by molar-refractivity contribution is -0.139. The van der Waals surface area contributed by atoms with E-state index in [0.29, 0.717) is 21.7 Å². The Labute approximate surface area is 227 Å². The molecule has 1 aromatic heterocycles. The van der Waals surface area contributed by atoms with Gasteiger partial charge in [-0.15, -0.1) is 11.3 Å². The van der Waals surface area contributed by atoms with E-state index in [0.717, 1.165) is 23.5 Å². The van der Waals surface area contributed by atoms with Crippen molar-refractivity contribution in [3.05, 3.63) is 69.0 Å². The third-order valence-electron chi connectivity index (χ3n) is 5.04. The number of nitrogens with zero attached hydrogens (tertiary/aromatic N) is 1. The van der Waals surface area contributed by atoms with E-state index in [9.17, 15) is 32.7 Å². The second-order valence-corrected chi connectivity index (χ2v) is 10.1. The number of carbonyl (C=O) groups is 3. The van der Waals surface area contributed by atoms with Gasteiger partial charge in [-0.1, -0.05) is 24.3 Å². The van der Waals surface area contributed by atoms with Crippen LogP contribution in [0.3, 0.4) is 0 Å². The maximum atomic E-state index is 13.1. The van der Waals surface area contributed by atoms with E-state index < -0.39 is 36.3 Å². The average Bonchev–Trinajstić information content (AvgIpc) is 3.17. The minimum absolute atomic E-state index is 0.0426. The van der Waals surface area contributed by atoms with Crippen molar-refractivity contribution in [1.29, 1.82) is 0 Å². The van der Waals surface area contributed by atoms with Crippen LogP contribution in [-0.2, 0) is 17.5 Å². The smallest absolute Gasteiger partial charge is 0.416 e. The molecule has 0 saturated carbocycles. The van der Waals surface area contributed by atoms with Gasteiger partial charge in [0.25, 0.3) is 0 Å². The van der Waals surface area contributed by atoms with Crippen LogP contribution >= 0.6 is 27.3 Å². The maximum absolute atomic E-state index is 13.1. The van der Waals surface area contributed by atoms with E-state index in [1.54, 1.807) is 38.1 Å². The number of thiophene rings is 1. The van der Waals surface area contributed by atoms with Gasteiger partial charge in [-0.2, -0.15) is 13.2 Å². The Morgan fingerprint density at radius 1 is 1.11 bits per heavy atom. The Balaban J connectivity index is 2.02. The number of carboxylic acid groups (broad SMARTS) is 2. The summed E-state index contributed by atoms with van der Waals surface area (Å²) in [4.78, 5) is 37.3. The third-order valence-corrected chi connectivity index (χ3v) is 7.27. The van der Waals surface area contributed by atoms with Crippen LogP contribution in [0.15, 0.2) is 53.0 Å². The van der Waals surface area contributed by atoms with Crippen molar-refractivity contribution in [2.24, 2.45) is 0 Å².